The maximum atomic E-state index is 13.4. The molecule has 2 aromatic carbocycles. The fourth-order valence-electron chi connectivity index (χ4n) is 3.72. The second-order valence-electron chi connectivity index (χ2n) is 6.48. The molecular formula is C21H19N3O5. The molecule has 1 aromatic heterocycles. The summed E-state index contributed by atoms with van der Waals surface area (Å²) in [6, 6.07) is 12.5. The summed E-state index contributed by atoms with van der Waals surface area (Å²) in [6.07, 6.45) is 0. The molecule has 1 atom stereocenters. The number of para-hydroxylation sites is 1. The predicted molar refractivity (Wildman–Crippen MR) is 108 cm³/mol. The number of carbonyl (C=O) groups is 1. The number of hydrogen-bond donors (Lipinski definition) is 1. The van der Waals surface area contributed by atoms with Gasteiger partial charge < -0.3 is 15.2 Å². The van der Waals surface area contributed by atoms with E-state index in [4.69, 9.17) is 15.2 Å². The topological polar surface area (TPSA) is 106 Å². The number of esters is 1. The van der Waals surface area contributed by atoms with E-state index >= 15 is 0 Å². The SMILES string of the molecule is CCOC(=O)C1=C(N)n2c(=O)c3ccccc3c(=O)n2C1c1ccccc1OC. The van der Waals surface area contributed by atoms with E-state index in [9.17, 15) is 14.4 Å². The molecule has 0 saturated carbocycles. The molecule has 2 N–H and O–H groups in total. The van der Waals surface area contributed by atoms with Gasteiger partial charge in [-0.25, -0.2) is 9.48 Å². The Bertz CT molecular complexity index is 1290. The Morgan fingerprint density at radius 3 is 2.31 bits per heavy atom. The van der Waals surface area contributed by atoms with Crippen LogP contribution in [0.5, 0.6) is 5.75 Å². The third kappa shape index (κ3) is 2.64. The lowest BCUT2D eigenvalue weighted by molar-refractivity contribution is -0.138. The monoisotopic (exact) mass is 393 g/mol. The fourth-order valence-corrected chi connectivity index (χ4v) is 3.72. The summed E-state index contributed by atoms with van der Waals surface area (Å²) < 4.78 is 12.9. The molecule has 0 fully saturated rings. The van der Waals surface area contributed by atoms with Crippen LogP contribution in [0.4, 0.5) is 0 Å². The number of fused-ring (bicyclic) bond motifs is 2. The van der Waals surface area contributed by atoms with Gasteiger partial charge in [-0.2, -0.15) is 4.68 Å². The van der Waals surface area contributed by atoms with Crippen molar-refractivity contribution in [1.29, 1.82) is 0 Å². The highest BCUT2D eigenvalue weighted by Crippen LogP contribution is 2.38. The summed E-state index contributed by atoms with van der Waals surface area (Å²) >= 11 is 0. The van der Waals surface area contributed by atoms with Gasteiger partial charge in [-0.15, -0.1) is 0 Å². The zero-order valence-electron chi connectivity index (χ0n) is 15.9. The van der Waals surface area contributed by atoms with Crippen molar-refractivity contribution in [3.05, 3.63) is 80.4 Å². The third-order valence-electron chi connectivity index (χ3n) is 4.95. The van der Waals surface area contributed by atoms with E-state index < -0.39 is 23.1 Å². The van der Waals surface area contributed by atoms with Crippen molar-refractivity contribution in [1.82, 2.24) is 9.36 Å². The normalized spacial score (nSPS) is 15.4. The van der Waals surface area contributed by atoms with E-state index in [-0.39, 0.29) is 28.8 Å². The van der Waals surface area contributed by atoms with Crippen LogP contribution in [-0.4, -0.2) is 29.0 Å². The van der Waals surface area contributed by atoms with E-state index in [0.29, 0.717) is 11.3 Å². The van der Waals surface area contributed by atoms with Crippen LogP contribution in [0.1, 0.15) is 18.5 Å². The van der Waals surface area contributed by atoms with E-state index in [1.54, 1.807) is 55.5 Å². The number of nitrogens with zero attached hydrogens (tertiary/aromatic N) is 2. The molecule has 0 bridgehead atoms. The van der Waals surface area contributed by atoms with Crippen LogP contribution >= 0.6 is 0 Å². The lowest BCUT2D eigenvalue weighted by Crippen LogP contribution is -2.38. The van der Waals surface area contributed by atoms with Crippen LogP contribution < -0.4 is 21.6 Å². The molecule has 0 saturated heterocycles. The maximum Gasteiger partial charge on any atom is 0.340 e. The van der Waals surface area contributed by atoms with Crippen LogP contribution in [0.15, 0.2) is 63.7 Å². The van der Waals surface area contributed by atoms with Crippen LogP contribution in [0.25, 0.3) is 16.6 Å². The molecular weight excluding hydrogens is 374 g/mol. The minimum Gasteiger partial charge on any atom is -0.496 e. The number of ether oxygens (including phenoxy) is 2. The van der Waals surface area contributed by atoms with Gasteiger partial charge in [-0.1, -0.05) is 30.3 Å². The second-order valence-corrected chi connectivity index (χ2v) is 6.48. The summed E-state index contributed by atoms with van der Waals surface area (Å²) in [4.78, 5) is 39.3. The first-order chi connectivity index (χ1) is 14.0. The Balaban J connectivity index is 2.14. The van der Waals surface area contributed by atoms with Gasteiger partial charge in [0.1, 0.15) is 23.2 Å². The molecule has 1 aliphatic rings. The van der Waals surface area contributed by atoms with Gasteiger partial charge in [0.2, 0.25) is 0 Å². The highest BCUT2D eigenvalue weighted by molar-refractivity contribution is 5.97. The molecule has 0 amide bonds. The molecule has 0 aliphatic carbocycles. The highest BCUT2D eigenvalue weighted by atomic mass is 16.5. The van der Waals surface area contributed by atoms with Crippen LogP contribution in [-0.2, 0) is 9.53 Å². The standard InChI is InChI=1S/C21H19N3O5/c1-3-29-21(27)16-17(14-10-6-7-11-15(14)28-2)23-19(25)12-8-4-5-9-13(12)20(26)24(23)18(16)22/h4-11,17H,3,22H2,1-2H3. The van der Waals surface area contributed by atoms with Crippen LogP contribution in [0.2, 0.25) is 0 Å². The molecule has 29 heavy (non-hydrogen) atoms. The zero-order chi connectivity index (χ0) is 20.7. The molecule has 1 aliphatic heterocycles. The molecule has 1 unspecified atom stereocenters. The zero-order valence-corrected chi connectivity index (χ0v) is 15.9. The predicted octanol–water partition coefficient (Wildman–Crippen LogP) is 1.47. The van der Waals surface area contributed by atoms with E-state index in [1.165, 1.54) is 11.8 Å². The summed E-state index contributed by atoms with van der Waals surface area (Å²) in [5.41, 5.74) is 5.85. The minimum atomic E-state index is -0.963. The molecule has 0 radical (unpaired) electrons. The molecule has 8 nitrogen and oxygen atoms in total. The van der Waals surface area contributed by atoms with Gasteiger partial charge in [0.15, 0.2) is 0 Å². The summed E-state index contributed by atoms with van der Waals surface area (Å²) in [5.74, 6) is -0.375. The fraction of sp³-hybridized carbons (Fsp3) is 0.190. The lowest BCUT2D eigenvalue weighted by Gasteiger charge is -2.20. The van der Waals surface area contributed by atoms with Crippen molar-refractivity contribution >= 4 is 22.6 Å². The lowest BCUT2D eigenvalue weighted by atomic mass is 9.98. The average molecular weight is 393 g/mol. The minimum absolute atomic E-state index is 0.0193. The number of benzene rings is 2. The van der Waals surface area contributed by atoms with Gasteiger partial charge in [0.25, 0.3) is 11.1 Å². The smallest absolute Gasteiger partial charge is 0.340 e. The van der Waals surface area contributed by atoms with Crippen molar-refractivity contribution in [3.8, 4) is 5.75 Å². The number of aromatic nitrogens is 2. The number of rotatable bonds is 4. The third-order valence-corrected chi connectivity index (χ3v) is 4.95. The quantitative estimate of drug-likeness (QED) is 0.673. The number of nitrogens with two attached hydrogens (primary N) is 1. The average Bonchev–Trinajstić information content (AvgIpc) is 3.05. The first-order valence-corrected chi connectivity index (χ1v) is 9.07. The van der Waals surface area contributed by atoms with Crippen molar-refractivity contribution in [2.75, 3.05) is 13.7 Å². The van der Waals surface area contributed by atoms with Crippen molar-refractivity contribution in [3.63, 3.8) is 0 Å². The number of carbonyl (C=O) groups excluding carboxylic acids is 1. The van der Waals surface area contributed by atoms with Gasteiger partial charge in [0, 0.05) is 5.56 Å². The molecule has 4 rings (SSSR count). The van der Waals surface area contributed by atoms with Gasteiger partial charge in [0.05, 0.1) is 24.5 Å². The second kappa shape index (κ2) is 6.97. The largest absolute Gasteiger partial charge is 0.496 e. The van der Waals surface area contributed by atoms with Crippen LogP contribution in [0.3, 0.4) is 0 Å². The Morgan fingerprint density at radius 2 is 1.66 bits per heavy atom. The highest BCUT2D eigenvalue weighted by Gasteiger charge is 2.40. The number of methoxy groups -OCH3 is 1. The first kappa shape index (κ1) is 18.5. The van der Waals surface area contributed by atoms with Gasteiger partial charge in [-0.3, -0.25) is 9.59 Å². The first-order valence-electron chi connectivity index (χ1n) is 9.07. The molecule has 2 heterocycles. The summed E-state index contributed by atoms with van der Waals surface area (Å²) in [6.45, 7) is 1.79. The summed E-state index contributed by atoms with van der Waals surface area (Å²) in [5, 5.41) is 0.465. The Kier molecular flexibility index (Phi) is 4.46. The molecule has 3 aromatic rings. The molecule has 148 valence electrons. The summed E-state index contributed by atoms with van der Waals surface area (Å²) in [7, 11) is 1.49. The van der Waals surface area contributed by atoms with Gasteiger partial charge >= 0.3 is 5.97 Å². The molecule has 8 heteroatoms. The number of hydrogen-bond acceptors (Lipinski definition) is 6. The van der Waals surface area contributed by atoms with E-state index in [2.05, 4.69) is 0 Å². The van der Waals surface area contributed by atoms with Crippen molar-refractivity contribution < 1.29 is 14.3 Å². The Labute approximate surface area is 165 Å². The Hall–Kier alpha value is -3.81. The van der Waals surface area contributed by atoms with E-state index in [0.717, 1.165) is 4.68 Å². The van der Waals surface area contributed by atoms with Crippen molar-refractivity contribution in [2.45, 2.75) is 13.0 Å². The van der Waals surface area contributed by atoms with Crippen molar-refractivity contribution in [2.24, 2.45) is 5.73 Å². The van der Waals surface area contributed by atoms with E-state index in [1.807, 2.05) is 0 Å². The molecule has 0 spiro atoms. The van der Waals surface area contributed by atoms with Gasteiger partial charge in [-0.05, 0) is 25.1 Å². The van der Waals surface area contributed by atoms with Crippen LogP contribution in [0, 0.1) is 0 Å². The Morgan fingerprint density at radius 1 is 1.03 bits per heavy atom. The maximum absolute atomic E-state index is 13.4.